The fraction of sp³-hybridized carbons (Fsp3) is 0. The maximum atomic E-state index is 14.3. The number of nitrogens with two attached hydrogens (primary N) is 1. The van der Waals surface area contributed by atoms with Crippen LogP contribution in [0.3, 0.4) is 0 Å². The summed E-state index contributed by atoms with van der Waals surface area (Å²) in [5.74, 6) is -8.78. The van der Waals surface area contributed by atoms with Gasteiger partial charge in [0.25, 0.3) is 0 Å². The molecule has 0 aliphatic rings. The van der Waals surface area contributed by atoms with E-state index in [1.807, 2.05) is 0 Å². The zero-order chi connectivity index (χ0) is 21.5. The summed E-state index contributed by atoms with van der Waals surface area (Å²) in [4.78, 5) is 12.2. The molecule has 3 rings (SSSR count). The van der Waals surface area contributed by atoms with E-state index in [1.54, 1.807) is 0 Å². The van der Waals surface area contributed by atoms with Crippen LogP contribution in [0.4, 0.5) is 17.6 Å². The lowest BCUT2D eigenvalue weighted by Crippen LogP contribution is -2.19. The Balaban J connectivity index is 2.00. The van der Waals surface area contributed by atoms with Crippen LogP contribution < -0.4 is 9.32 Å². The number of carbonyl (C=O) groups excluding carboxylic acids is 1. The number of phenols is 1. The summed E-state index contributed by atoms with van der Waals surface area (Å²) in [6.07, 6.45) is 0. The number of thiophene rings is 1. The van der Waals surface area contributed by atoms with Gasteiger partial charge in [-0.3, -0.25) is 4.79 Å². The van der Waals surface area contributed by atoms with Gasteiger partial charge >= 0.3 is 10.3 Å². The third-order valence-corrected chi connectivity index (χ3v) is 5.18. The van der Waals surface area contributed by atoms with Crippen LogP contribution >= 0.6 is 11.3 Å². The molecule has 0 aliphatic heterocycles. The van der Waals surface area contributed by atoms with Gasteiger partial charge in [0.2, 0.25) is 11.6 Å². The van der Waals surface area contributed by atoms with E-state index in [9.17, 15) is 35.9 Å². The van der Waals surface area contributed by atoms with Gasteiger partial charge < -0.3 is 9.29 Å². The maximum Gasteiger partial charge on any atom is 0.380 e. The molecular weight excluding hydrogens is 438 g/mol. The Bertz CT molecular complexity index is 1240. The van der Waals surface area contributed by atoms with Crippen molar-refractivity contribution in [3.05, 3.63) is 70.1 Å². The topological polar surface area (TPSA) is 107 Å². The van der Waals surface area contributed by atoms with Gasteiger partial charge in [-0.2, -0.15) is 17.9 Å². The van der Waals surface area contributed by atoms with Crippen LogP contribution in [0.15, 0.2) is 36.4 Å². The van der Waals surface area contributed by atoms with Gasteiger partial charge in [-0.1, -0.05) is 0 Å². The Hall–Kier alpha value is -2.96. The number of carbonyl (C=O) groups is 1. The van der Waals surface area contributed by atoms with Crippen molar-refractivity contribution in [2.75, 3.05) is 0 Å². The first-order valence-corrected chi connectivity index (χ1v) is 9.80. The van der Waals surface area contributed by atoms with Crippen molar-refractivity contribution < 1.29 is 40.1 Å². The molecule has 2 aromatic carbocycles. The molecule has 0 aliphatic carbocycles. The average molecular weight is 447 g/mol. The molecule has 12 heteroatoms. The third kappa shape index (κ3) is 4.09. The van der Waals surface area contributed by atoms with E-state index in [2.05, 4.69) is 9.32 Å². The molecule has 1 heterocycles. The highest BCUT2D eigenvalue weighted by Crippen LogP contribution is 2.36. The van der Waals surface area contributed by atoms with Gasteiger partial charge in [-0.05, 0) is 36.4 Å². The van der Waals surface area contributed by atoms with Crippen molar-refractivity contribution in [1.82, 2.24) is 0 Å². The van der Waals surface area contributed by atoms with E-state index in [0.717, 1.165) is 24.3 Å². The van der Waals surface area contributed by atoms with E-state index < -0.39 is 56.4 Å². The molecule has 0 bridgehead atoms. The minimum Gasteiger partial charge on any atom is -0.505 e. The molecule has 0 radical (unpaired) electrons. The molecule has 0 amide bonds. The van der Waals surface area contributed by atoms with Crippen molar-refractivity contribution in [3.8, 4) is 21.9 Å². The molecule has 0 unspecified atom stereocenters. The van der Waals surface area contributed by atoms with Gasteiger partial charge in [-0.25, -0.2) is 13.2 Å². The molecule has 3 aromatic rings. The lowest BCUT2D eigenvalue weighted by atomic mass is 10.1. The molecule has 0 fully saturated rings. The van der Waals surface area contributed by atoms with Crippen LogP contribution in [0.2, 0.25) is 0 Å². The van der Waals surface area contributed by atoms with E-state index in [0.29, 0.717) is 17.4 Å². The quantitative estimate of drug-likeness (QED) is 0.460. The molecule has 6 nitrogen and oxygen atoms in total. The second-order valence-electron chi connectivity index (χ2n) is 5.56. The predicted octanol–water partition coefficient (Wildman–Crippen LogP) is 3.49. The Kier molecular flexibility index (Phi) is 5.34. The Morgan fingerprint density at radius 1 is 0.966 bits per heavy atom. The fourth-order valence-electron chi connectivity index (χ4n) is 2.39. The smallest absolute Gasteiger partial charge is 0.380 e. The van der Waals surface area contributed by atoms with Crippen molar-refractivity contribution >= 4 is 27.4 Å². The summed E-state index contributed by atoms with van der Waals surface area (Å²) in [6.45, 7) is 0. The van der Waals surface area contributed by atoms with Crippen LogP contribution in [0.1, 0.15) is 15.2 Å². The van der Waals surface area contributed by atoms with Crippen molar-refractivity contribution in [2.45, 2.75) is 0 Å². The van der Waals surface area contributed by atoms with Crippen LogP contribution in [-0.2, 0) is 10.3 Å². The van der Waals surface area contributed by atoms with Gasteiger partial charge in [0, 0.05) is 10.4 Å². The van der Waals surface area contributed by atoms with Gasteiger partial charge in [0.15, 0.2) is 23.1 Å². The minimum atomic E-state index is -4.58. The number of benzene rings is 2. The predicted molar refractivity (Wildman–Crippen MR) is 94.9 cm³/mol. The van der Waals surface area contributed by atoms with Gasteiger partial charge in [0.05, 0.1) is 10.4 Å². The van der Waals surface area contributed by atoms with Gasteiger partial charge in [-0.15, -0.1) is 11.3 Å². The molecule has 152 valence electrons. The Morgan fingerprint density at radius 2 is 1.66 bits per heavy atom. The molecule has 0 spiro atoms. The van der Waals surface area contributed by atoms with Crippen LogP contribution in [-0.4, -0.2) is 19.3 Å². The van der Waals surface area contributed by atoms with Crippen molar-refractivity contribution in [2.24, 2.45) is 5.14 Å². The zero-order valence-electron chi connectivity index (χ0n) is 14.0. The van der Waals surface area contributed by atoms with E-state index >= 15 is 0 Å². The minimum absolute atomic E-state index is 0.00729. The lowest BCUT2D eigenvalue weighted by Gasteiger charge is -2.07. The van der Waals surface area contributed by atoms with Crippen molar-refractivity contribution in [1.29, 1.82) is 0 Å². The monoisotopic (exact) mass is 447 g/mol. The second-order valence-corrected chi connectivity index (χ2v) is 7.80. The first-order chi connectivity index (χ1) is 13.5. The first-order valence-electron chi connectivity index (χ1n) is 7.51. The Labute approximate surface area is 165 Å². The normalized spacial score (nSPS) is 11.5. The SMILES string of the molecule is NS(=O)(=O)Oc1ccc(-c2ccc(C(=O)c3c(F)ccc(O)c3F)s2)c(F)c1F. The Morgan fingerprint density at radius 3 is 2.31 bits per heavy atom. The molecular formula is C17H9F4NO5S2. The van der Waals surface area contributed by atoms with E-state index in [4.69, 9.17) is 0 Å². The lowest BCUT2D eigenvalue weighted by molar-refractivity contribution is 0.103. The number of phenolic OH excluding ortho intramolecular Hbond substituents is 1. The second kappa shape index (κ2) is 7.46. The first kappa shape index (κ1) is 20.8. The zero-order valence-corrected chi connectivity index (χ0v) is 15.6. The van der Waals surface area contributed by atoms with Crippen LogP contribution in [0.5, 0.6) is 11.5 Å². The highest BCUT2D eigenvalue weighted by Gasteiger charge is 2.25. The summed E-state index contributed by atoms with van der Waals surface area (Å²) < 4.78 is 82.0. The average Bonchev–Trinajstić information content (AvgIpc) is 3.11. The van der Waals surface area contributed by atoms with Gasteiger partial charge in [0.1, 0.15) is 5.82 Å². The molecule has 3 N–H and O–H groups in total. The standard InChI is InChI=1S/C17H9F4NO5S2/c18-8-2-3-9(23)15(20)13(8)17(24)12-6-5-11(28-12)7-1-4-10(16(21)14(7)19)27-29(22,25)26/h1-6,23H,(H2,22,25,26). The van der Waals surface area contributed by atoms with E-state index in [-0.39, 0.29) is 15.3 Å². The van der Waals surface area contributed by atoms with E-state index in [1.165, 1.54) is 6.07 Å². The maximum absolute atomic E-state index is 14.3. The molecule has 1 aromatic heterocycles. The van der Waals surface area contributed by atoms with Crippen LogP contribution in [0.25, 0.3) is 10.4 Å². The molecule has 0 atom stereocenters. The highest BCUT2D eigenvalue weighted by molar-refractivity contribution is 7.84. The molecule has 29 heavy (non-hydrogen) atoms. The fourth-order valence-corrected chi connectivity index (χ4v) is 3.74. The number of hydrogen-bond donors (Lipinski definition) is 2. The largest absolute Gasteiger partial charge is 0.505 e. The van der Waals surface area contributed by atoms with Crippen molar-refractivity contribution in [3.63, 3.8) is 0 Å². The summed E-state index contributed by atoms with van der Waals surface area (Å²) >= 11 is 0.599. The number of hydrogen-bond acceptors (Lipinski definition) is 6. The number of halogens is 4. The van der Waals surface area contributed by atoms with Crippen LogP contribution in [0, 0.1) is 23.3 Å². The number of aromatic hydroxyl groups is 1. The highest BCUT2D eigenvalue weighted by atomic mass is 32.2. The summed E-state index contributed by atoms with van der Waals surface area (Å²) in [7, 11) is -4.58. The number of ketones is 1. The summed E-state index contributed by atoms with van der Waals surface area (Å²) in [5.41, 5.74) is -1.35. The third-order valence-electron chi connectivity index (χ3n) is 3.65. The summed E-state index contributed by atoms with van der Waals surface area (Å²) in [5, 5.41) is 13.9. The molecule has 0 saturated carbocycles. The number of rotatable bonds is 5. The molecule has 0 saturated heterocycles. The summed E-state index contributed by atoms with van der Waals surface area (Å²) in [6, 6.07) is 5.58.